The van der Waals surface area contributed by atoms with Crippen molar-refractivity contribution < 1.29 is 19.7 Å². The van der Waals surface area contributed by atoms with Crippen molar-refractivity contribution in [2.45, 2.75) is 19.1 Å². The van der Waals surface area contributed by atoms with Crippen molar-refractivity contribution in [3.8, 4) is 5.75 Å². The molecule has 0 radical (unpaired) electrons. The maximum atomic E-state index is 11.1. The van der Waals surface area contributed by atoms with E-state index in [1.54, 1.807) is 48.5 Å². The second kappa shape index (κ2) is 6.32. The number of para-hydroxylation sites is 1. The molecular weight excluding hydrogens is 256 g/mol. The van der Waals surface area contributed by atoms with E-state index in [0.717, 1.165) is 0 Å². The van der Waals surface area contributed by atoms with Crippen LogP contribution in [0.25, 0.3) is 0 Å². The van der Waals surface area contributed by atoms with Gasteiger partial charge in [-0.05, 0) is 11.6 Å². The molecule has 0 aliphatic rings. The fourth-order valence-corrected chi connectivity index (χ4v) is 1.98. The lowest BCUT2D eigenvalue weighted by molar-refractivity contribution is -0.132. The number of benzene rings is 2. The monoisotopic (exact) mass is 272 g/mol. The molecular formula is C16H16O4. The fraction of sp³-hybridized carbons (Fsp3) is 0.188. The molecule has 0 aromatic heterocycles. The summed E-state index contributed by atoms with van der Waals surface area (Å²) in [5.74, 6) is -0.221. The molecule has 0 amide bonds. The van der Waals surface area contributed by atoms with Gasteiger partial charge in [0, 0.05) is 12.5 Å². The van der Waals surface area contributed by atoms with Crippen molar-refractivity contribution in [3.05, 3.63) is 65.7 Å². The molecule has 0 fully saturated rings. The smallest absolute Gasteiger partial charge is 0.308 e. The van der Waals surface area contributed by atoms with Gasteiger partial charge >= 0.3 is 5.97 Å². The van der Waals surface area contributed by atoms with E-state index in [-0.39, 0.29) is 5.75 Å². The minimum Gasteiger partial charge on any atom is -0.426 e. The Bertz CT molecular complexity index is 580. The van der Waals surface area contributed by atoms with Gasteiger partial charge in [0.05, 0.1) is 0 Å². The molecule has 0 saturated carbocycles. The molecule has 0 bridgehead atoms. The number of aliphatic hydroxyl groups is 2. The third-order valence-electron chi connectivity index (χ3n) is 2.93. The molecule has 0 saturated heterocycles. The highest BCUT2D eigenvalue weighted by atomic mass is 16.5. The van der Waals surface area contributed by atoms with E-state index >= 15 is 0 Å². The highest BCUT2D eigenvalue weighted by Crippen LogP contribution is 2.33. The van der Waals surface area contributed by atoms with Crippen LogP contribution in [0.1, 0.15) is 30.3 Å². The van der Waals surface area contributed by atoms with Crippen LogP contribution in [-0.2, 0) is 4.79 Å². The summed E-state index contributed by atoms with van der Waals surface area (Å²) in [6, 6.07) is 15.5. The van der Waals surface area contributed by atoms with Crippen molar-refractivity contribution >= 4 is 5.97 Å². The summed E-state index contributed by atoms with van der Waals surface area (Å²) >= 11 is 0. The van der Waals surface area contributed by atoms with Gasteiger partial charge in [-0.25, -0.2) is 0 Å². The van der Waals surface area contributed by atoms with Crippen molar-refractivity contribution in [3.63, 3.8) is 0 Å². The maximum absolute atomic E-state index is 11.1. The lowest BCUT2D eigenvalue weighted by atomic mass is 9.98. The fourth-order valence-electron chi connectivity index (χ4n) is 1.98. The van der Waals surface area contributed by atoms with Crippen molar-refractivity contribution in [2.24, 2.45) is 0 Å². The highest BCUT2D eigenvalue weighted by Gasteiger charge is 2.23. The molecule has 0 aliphatic heterocycles. The Kier molecular flexibility index (Phi) is 4.50. The molecule has 20 heavy (non-hydrogen) atoms. The minimum atomic E-state index is -1.17. The van der Waals surface area contributed by atoms with Gasteiger partial charge in [-0.2, -0.15) is 0 Å². The number of carbonyl (C=O) groups excluding carboxylic acids is 1. The van der Waals surface area contributed by atoms with Crippen LogP contribution < -0.4 is 4.74 Å². The van der Waals surface area contributed by atoms with Gasteiger partial charge in [0.2, 0.25) is 0 Å². The first-order valence-electron chi connectivity index (χ1n) is 6.28. The summed E-state index contributed by atoms with van der Waals surface area (Å²) < 4.78 is 5.04. The molecule has 2 rings (SSSR count). The quantitative estimate of drug-likeness (QED) is 0.662. The molecule has 2 unspecified atom stereocenters. The van der Waals surface area contributed by atoms with E-state index in [2.05, 4.69) is 0 Å². The number of ether oxygens (including phenoxy) is 1. The van der Waals surface area contributed by atoms with Crippen LogP contribution in [0.2, 0.25) is 0 Å². The molecule has 2 atom stereocenters. The second-order valence-corrected chi connectivity index (χ2v) is 4.43. The van der Waals surface area contributed by atoms with E-state index < -0.39 is 18.2 Å². The van der Waals surface area contributed by atoms with Gasteiger partial charge in [0.25, 0.3) is 0 Å². The molecule has 2 N–H and O–H groups in total. The molecule has 104 valence electrons. The standard InChI is InChI=1S/C16H16O4/c1-11(17)20-14-10-6-5-9-13(14)16(19)15(18)12-7-3-2-4-8-12/h2-10,15-16,18-19H,1H3. The van der Waals surface area contributed by atoms with E-state index in [9.17, 15) is 15.0 Å². The Balaban J connectivity index is 2.29. The Hall–Kier alpha value is -2.17. The molecule has 0 heterocycles. The third kappa shape index (κ3) is 3.23. The van der Waals surface area contributed by atoms with Gasteiger partial charge in [-0.3, -0.25) is 4.79 Å². The lowest BCUT2D eigenvalue weighted by Gasteiger charge is -2.20. The van der Waals surface area contributed by atoms with Crippen molar-refractivity contribution in [2.75, 3.05) is 0 Å². The van der Waals surface area contributed by atoms with Crippen LogP contribution in [0.15, 0.2) is 54.6 Å². The van der Waals surface area contributed by atoms with Gasteiger partial charge in [-0.1, -0.05) is 48.5 Å². The van der Waals surface area contributed by atoms with E-state index in [1.165, 1.54) is 6.92 Å². The van der Waals surface area contributed by atoms with Gasteiger partial charge in [0.1, 0.15) is 18.0 Å². The van der Waals surface area contributed by atoms with E-state index in [1.807, 2.05) is 6.07 Å². The molecule has 2 aromatic rings. The Morgan fingerprint density at radius 3 is 2.20 bits per heavy atom. The SMILES string of the molecule is CC(=O)Oc1ccccc1C(O)C(O)c1ccccc1. The van der Waals surface area contributed by atoms with Crippen molar-refractivity contribution in [1.29, 1.82) is 0 Å². The van der Waals surface area contributed by atoms with Crippen LogP contribution in [-0.4, -0.2) is 16.2 Å². The number of hydrogen-bond acceptors (Lipinski definition) is 4. The topological polar surface area (TPSA) is 66.8 Å². The number of hydrogen-bond donors (Lipinski definition) is 2. The first-order valence-corrected chi connectivity index (χ1v) is 6.28. The Morgan fingerprint density at radius 1 is 0.950 bits per heavy atom. The predicted molar refractivity (Wildman–Crippen MR) is 74.1 cm³/mol. The largest absolute Gasteiger partial charge is 0.426 e. The summed E-state index contributed by atoms with van der Waals surface area (Å²) in [5.41, 5.74) is 0.969. The maximum Gasteiger partial charge on any atom is 0.308 e. The highest BCUT2D eigenvalue weighted by molar-refractivity contribution is 5.69. The summed E-state index contributed by atoms with van der Waals surface area (Å²) in [6.07, 6.45) is -2.26. The van der Waals surface area contributed by atoms with E-state index in [4.69, 9.17) is 4.74 Å². The zero-order chi connectivity index (χ0) is 14.5. The van der Waals surface area contributed by atoms with E-state index in [0.29, 0.717) is 11.1 Å². The zero-order valence-corrected chi connectivity index (χ0v) is 11.1. The first kappa shape index (κ1) is 14.2. The van der Waals surface area contributed by atoms with Crippen LogP contribution in [0.3, 0.4) is 0 Å². The number of esters is 1. The van der Waals surface area contributed by atoms with Crippen LogP contribution in [0.5, 0.6) is 5.75 Å². The minimum absolute atomic E-state index is 0.252. The molecule has 0 spiro atoms. The van der Waals surface area contributed by atoms with Gasteiger partial charge < -0.3 is 14.9 Å². The zero-order valence-electron chi connectivity index (χ0n) is 11.1. The average molecular weight is 272 g/mol. The number of rotatable bonds is 4. The predicted octanol–water partition coefficient (Wildman–Crippen LogP) is 2.38. The summed E-state index contributed by atoms with van der Waals surface area (Å²) in [4.78, 5) is 11.1. The normalized spacial score (nSPS) is 13.6. The molecule has 4 heteroatoms. The third-order valence-corrected chi connectivity index (χ3v) is 2.93. The number of aliphatic hydroxyl groups excluding tert-OH is 2. The lowest BCUT2D eigenvalue weighted by Crippen LogP contribution is -2.13. The first-order chi connectivity index (χ1) is 9.59. The summed E-state index contributed by atoms with van der Waals surface area (Å²) in [6.45, 7) is 1.29. The van der Waals surface area contributed by atoms with Crippen LogP contribution in [0, 0.1) is 0 Å². The second-order valence-electron chi connectivity index (χ2n) is 4.43. The summed E-state index contributed by atoms with van der Waals surface area (Å²) in [5, 5.41) is 20.5. The Labute approximate surface area is 117 Å². The van der Waals surface area contributed by atoms with Gasteiger partial charge in [-0.15, -0.1) is 0 Å². The molecule has 4 nitrogen and oxygen atoms in total. The molecule has 2 aromatic carbocycles. The Morgan fingerprint density at radius 2 is 1.55 bits per heavy atom. The summed E-state index contributed by atoms with van der Waals surface area (Å²) in [7, 11) is 0. The molecule has 0 aliphatic carbocycles. The number of carbonyl (C=O) groups is 1. The van der Waals surface area contributed by atoms with Crippen LogP contribution >= 0.6 is 0 Å². The average Bonchev–Trinajstić information content (AvgIpc) is 2.46. The van der Waals surface area contributed by atoms with Crippen molar-refractivity contribution in [1.82, 2.24) is 0 Å². The van der Waals surface area contributed by atoms with Crippen LogP contribution in [0.4, 0.5) is 0 Å². The van der Waals surface area contributed by atoms with Gasteiger partial charge in [0.15, 0.2) is 0 Å².